The molecular formula is C22H52NS6+. The monoisotopic (exact) mass is 522 g/mol. The summed E-state index contributed by atoms with van der Waals surface area (Å²) in [5.74, 6) is 12.5. The molecule has 180 valence electrons. The number of thiol groups is 2. The fourth-order valence-corrected chi connectivity index (χ4v) is 5.13. The predicted molar refractivity (Wildman–Crippen MR) is 159 cm³/mol. The largest absolute Gasteiger partial charge is 0.345 e. The van der Waals surface area contributed by atoms with E-state index >= 15 is 0 Å². The average Bonchev–Trinajstić information content (AvgIpc) is 2.74. The van der Waals surface area contributed by atoms with Crippen molar-refractivity contribution >= 4 is 72.3 Å². The molecule has 0 bridgehead atoms. The topological polar surface area (TPSA) is 16.6 Å². The maximum absolute atomic E-state index is 4.07. The Morgan fingerprint density at radius 2 is 0.828 bits per heavy atom. The van der Waals surface area contributed by atoms with Gasteiger partial charge in [0.05, 0.1) is 13.1 Å². The van der Waals surface area contributed by atoms with E-state index in [1.807, 2.05) is 23.5 Å². The van der Waals surface area contributed by atoms with E-state index in [2.05, 4.69) is 81.8 Å². The molecule has 0 atom stereocenters. The molecule has 0 unspecified atom stereocenters. The average molecular weight is 523 g/mol. The molecule has 1 nitrogen and oxygen atoms in total. The molecular weight excluding hydrogens is 471 g/mol. The molecule has 2 N–H and O–H groups in total. The van der Waals surface area contributed by atoms with E-state index in [1.165, 1.54) is 97.6 Å². The minimum Gasteiger partial charge on any atom is -0.345 e. The third-order valence-electron chi connectivity index (χ3n) is 3.64. The minimum atomic E-state index is 1.02. The van der Waals surface area contributed by atoms with Crippen LogP contribution in [0.25, 0.3) is 0 Å². The highest BCUT2D eigenvalue weighted by Gasteiger charge is 1.90. The maximum atomic E-state index is 4.07. The van der Waals surface area contributed by atoms with E-state index in [1.54, 1.807) is 0 Å². The first-order valence-electron chi connectivity index (χ1n) is 11.6. The number of hydrogen-bond donors (Lipinski definition) is 3. The van der Waals surface area contributed by atoms with Crippen molar-refractivity contribution < 1.29 is 5.32 Å². The summed E-state index contributed by atoms with van der Waals surface area (Å²) >= 11 is 16.3. The summed E-state index contributed by atoms with van der Waals surface area (Å²) in [6, 6.07) is 0. The summed E-state index contributed by atoms with van der Waals surface area (Å²) in [5.41, 5.74) is 0. The van der Waals surface area contributed by atoms with Crippen molar-refractivity contribution in [1.29, 1.82) is 0 Å². The van der Waals surface area contributed by atoms with Gasteiger partial charge < -0.3 is 5.32 Å². The lowest BCUT2D eigenvalue weighted by molar-refractivity contribution is -0.646. The summed E-state index contributed by atoms with van der Waals surface area (Å²) in [6.07, 6.45) is 8.03. The van der Waals surface area contributed by atoms with Crippen LogP contribution in [0.15, 0.2) is 0 Å². The second kappa shape index (κ2) is 40.4. The van der Waals surface area contributed by atoms with Crippen molar-refractivity contribution in [3.8, 4) is 0 Å². The number of unbranched alkanes of at least 4 members (excludes halogenated alkanes) is 4. The van der Waals surface area contributed by atoms with Gasteiger partial charge in [0.25, 0.3) is 0 Å². The minimum absolute atomic E-state index is 1.02. The van der Waals surface area contributed by atoms with Gasteiger partial charge in [0, 0.05) is 11.5 Å². The van der Waals surface area contributed by atoms with Crippen molar-refractivity contribution in [2.45, 2.75) is 66.2 Å². The van der Waals surface area contributed by atoms with E-state index in [4.69, 9.17) is 0 Å². The normalized spacial score (nSPS) is 10.1. The smallest absolute Gasteiger partial charge is 0.0847 e. The molecule has 29 heavy (non-hydrogen) atoms. The Morgan fingerprint density at radius 1 is 0.483 bits per heavy atom. The fraction of sp³-hybridized carbons (Fsp3) is 1.00. The van der Waals surface area contributed by atoms with Crippen LogP contribution in [-0.4, -0.2) is 70.6 Å². The van der Waals surface area contributed by atoms with E-state index in [-0.39, 0.29) is 0 Å². The van der Waals surface area contributed by atoms with E-state index in [0.29, 0.717) is 0 Å². The highest BCUT2D eigenvalue weighted by Crippen LogP contribution is 2.08. The van der Waals surface area contributed by atoms with E-state index in [0.717, 1.165) is 11.5 Å². The van der Waals surface area contributed by atoms with Gasteiger partial charge in [0.15, 0.2) is 0 Å². The van der Waals surface area contributed by atoms with Crippen molar-refractivity contribution in [1.82, 2.24) is 0 Å². The van der Waals surface area contributed by atoms with Crippen molar-refractivity contribution in [2.75, 3.05) is 70.6 Å². The van der Waals surface area contributed by atoms with Crippen LogP contribution in [-0.2, 0) is 0 Å². The Hall–Kier alpha value is 2.06. The van der Waals surface area contributed by atoms with Crippen LogP contribution >= 0.6 is 72.3 Å². The molecule has 0 aliphatic heterocycles. The van der Waals surface area contributed by atoms with Gasteiger partial charge in [-0.1, -0.05) is 40.5 Å². The maximum Gasteiger partial charge on any atom is 0.0847 e. The van der Waals surface area contributed by atoms with Crippen molar-refractivity contribution in [2.24, 2.45) is 0 Å². The number of quaternary nitrogens is 1. The lowest BCUT2D eigenvalue weighted by Gasteiger charge is -1.99. The summed E-state index contributed by atoms with van der Waals surface area (Å²) < 4.78 is 0. The fourth-order valence-electron chi connectivity index (χ4n) is 2.04. The van der Waals surface area contributed by atoms with Crippen LogP contribution in [0.1, 0.15) is 66.2 Å². The summed E-state index contributed by atoms with van der Waals surface area (Å²) in [5, 5.41) is 2.42. The molecule has 0 aromatic carbocycles. The van der Waals surface area contributed by atoms with Gasteiger partial charge in [-0.15, -0.1) is 0 Å². The molecule has 0 fully saturated rings. The number of rotatable bonds is 20. The zero-order valence-corrected chi connectivity index (χ0v) is 24.9. The van der Waals surface area contributed by atoms with Crippen LogP contribution in [0.3, 0.4) is 0 Å². The first kappa shape index (κ1) is 35.6. The Kier molecular flexibility index (Phi) is 49.7. The van der Waals surface area contributed by atoms with E-state index < -0.39 is 0 Å². The number of hydrogen-bond acceptors (Lipinski definition) is 6. The van der Waals surface area contributed by atoms with Gasteiger partial charge in [-0.3, -0.25) is 0 Å². The lowest BCUT2D eigenvalue weighted by atomic mass is 10.3. The summed E-state index contributed by atoms with van der Waals surface area (Å²) in [4.78, 5) is 0. The third kappa shape index (κ3) is 48.6. The zero-order chi connectivity index (χ0) is 22.3. The van der Waals surface area contributed by atoms with Crippen LogP contribution in [0.4, 0.5) is 0 Å². The number of thioether (sulfide) groups is 4. The molecule has 7 heteroatoms. The van der Waals surface area contributed by atoms with Crippen molar-refractivity contribution in [3.05, 3.63) is 0 Å². The van der Waals surface area contributed by atoms with Gasteiger partial charge in [0.1, 0.15) is 0 Å². The highest BCUT2D eigenvalue weighted by molar-refractivity contribution is 7.99. The Bertz CT molecular complexity index is 197. The standard InChI is InChI=1S/C9H20S2.C8H19NS2.C5H12S2/c1-3-10-8-6-5-7-9-11-4-2;1-3-10-7-5-9-6-8-11-4-2;6-4-2-1-3-5-7/h3-9H2,1-2H3;9H,3-8H2,1-2H3;6-7H,1-5H2/p+1. The molecule has 0 radical (unpaired) electrons. The van der Waals surface area contributed by atoms with Crippen molar-refractivity contribution in [3.63, 3.8) is 0 Å². The van der Waals surface area contributed by atoms with Gasteiger partial charge in [0.2, 0.25) is 0 Å². The predicted octanol–water partition coefficient (Wildman–Crippen LogP) is 6.74. The second-order valence-electron chi connectivity index (χ2n) is 6.22. The highest BCUT2D eigenvalue weighted by atomic mass is 32.2. The van der Waals surface area contributed by atoms with Crippen LogP contribution in [0.2, 0.25) is 0 Å². The number of nitrogens with two attached hydrogens (primary N) is 1. The van der Waals surface area contributed by atoms with Gasteiger partial charge >= 0.3 is 0 Å². The molecule has 0 saturated heterocycles. The molecule has 0 aromatic rings. The summed E-state index contributed by atoms with van der Waals surface area (Å²) in [6.45, 7) is 11.5. The summed E-state index contributed by atoms with van der Waals surface area (Å²) in [7, 11) is 0. The first-order chi connectivity index (χ1) is 14.2. The zero-order valence-electron chi connectivity index (χ0n) is 19.8. The second-order valence-corrected chi connectivity index (χ2v) is 12.7. The SMILES string of the molecule is CCSCCCCCSCC.CCSCC[NH2+]CCSCC.SCCCCCS. The van der Waals surface area contributed by atoms with Crippen LogP contribution in [0, 0.1) is 0 Å². The molecule has 0 rings (SSSR count). The van der Waals surface area contributed by atoms with Gasteiger partial charge in [-0.2, -0.15) is 72.3 Å². The lowest BCUT2D eigenvalue weighted by Crippen LogP contribution is -2.85. The quantitative estimate of drug-likeness (QED) is 0.121. The first-order valence-corrected chi connectivity index (χ1v) is 17.5. The molecule has 0 aliphatic rings. The molecule has 0 heterocycles. The molecule has 0 aromatic heterocycles. The third-order valence-corrected chi connectivity index (χ3v) is 8.11. The van der Waals surface area contributed by atoms with Crippen LogP contribution in [0.5, 0.6) is 0 Å². The Morgan fingerprint density at radius 3 is 1.17 bits per heavy atom. The van der Waals surface area contributed by atoms with Crippen LogP contribution < -0.4 is 5.32 Å². The Labute approximate surface area is 213 Å². The molecule has 0 saturated carbocycles. The Balaban J connectivity index is -0.000000360. The van der Waals surface area contributed by atoms with E-state index in [9.17, 15) is 0 Å². The molecule has 0 aliphatic carbocycles. The molecule has 0 spiro atoms. The van der Waals surface area contributed by atoms with Gasteiger partial charge in [-0.05, 0) is 71.7 Å². The van der Waals surface area contributed by atoms with Gasteiger partial charge in [-0.25, -0.2) is 0 Å². The molecule has 0 amide bonds.